The van der Waals surface area contributed by atoms with Crippen molar-refractivity contribution in [3.05, 3.63) is 55.1 Å². The van der Waals surface area contributed by atoms with Crippen LogP contribution in [0.4, 0.5) is 28.4 Å². The summed E-state index contributed by atoms with van der Waals surface area (Å²) in [5.41, 5.74) is 4.50. The zero-order valence-corrected chi connectivity index (χ0v) is 19.9. The number of anilines is 1. The highest BCUT2D eigenvalue weighted by Crippen LogP contribution is 2.56. The van der Waals surface area contributed by atoms with Gasteiger partial charge in [-0.05, 0) is 35.7 Å². The molecule has 2 heterocycles. The van der Waals surface area contributed by atoms with Gasteiger partial charge in [-0.3, -0.25) is 14.5 Å². The lowest BCUT2D eigenvalue weighted by atomic mass is 10.1. The number of nitrogen functional groups attached to an aromatic ring is 1. The summed E-state index contributed by atoms with van der Waals surface area (Å²) < 4.78 is 63.9. The van der Waals surface area contributed by atoms with E-state index < -0.39 is 59.3 Å². The zero-order valence-electron chi connectivity index (χ0n) is 18.3. The third-order valence-corrected chi connectivity index (χ3v) is 6.60. The predicted molar refractivity (Wildman–Crippen MR) is 132 cm³/mol. The molecule has 0 aliphatic carbocycles. The van der Waals surface area contributed by atoms with Gasteiger partial charge in [-0.2, -0.15) is 8.42 Å². The van der Waals surface area contributed by atoms with Gasteiger partial charge in [0.1, 0.15) is 38.5 Å². The van der Waals surface area contributed by atoms with Crippen LogP contribution in [0.1, 0.15) is 0 Å². The van der Waals surface area contributed by atoms with E-state index in [2.05, 4.69) is 30.4 Å². The molecule has 0 saturated heterocycles. The first kappa shape index (κ1) is 25.8. The molecule has 0 saturated carbocycles. The Hall–Kier alpha value is -4.26. The van der Waals surface area contributed by atoms with Gasteiger partial charge in [0, 0.05) is 12.4 Å². The van der Waals surface area contributed by atoms with Crippen LogP contribution in [0.5, 0.6) is 11.5 Å². The van der Waals surface area contributed by atoms with Crippen molar-refractivity contribution in [1.29, 1.82) is 0 Å². The molecule has 0 amide bonds. The second kappa shape index (κ2) is 9.65. The van der Waals surface area contributed by atoms with Crippen molar-refractivity contribution in [3.63, 3.8) is 0 Å². The van der Waals surface area contributed by atoms with Crippen LogP contribution in [0.3, 0.4) is 0 Å². The summed E-state index contributed by atoms with van der Waals surface area (Å²) in [6.45, 7) is 0. The lowest BCUT2D eigenvalue weighted by Gasteiger charge is -2.22. The molecular weight excluding hydrogens is 530 g/mol. The van der Waals surface area contributed by atoms with Crippen LogP contribution in [0.25, 0.3) is 10.8 Å². The Morgan fingerprint density at radius 2 is 1.49 bits per heavy atom. The Morgan fingerprint density at radius 1 is 0.811 bits per heavy atom. The minimum Gasteiger partial charge on any atom is -0.505 e. The molecule has 2 aromatic heterocycles. The summed E-state index contributed by atoms with van der Waals surface area (Å²) in [6, 6.07) is 6.03. The van der Waals surface area contributed by atoms with E-state index in [1.54, 1.807) is 6.07 Å². The fraction of sp³-hybridized carbons (Fsp3) is 0. The topological polar surface area (TPSA) is 257 Å². The van der Waals surface area contributed by atoms with Gasteiger partial charge in [0.15, 0.2) is 11.5 Å². The third kappa shape index (κ3) is 5.31. The number of rotatable bonds is 6. The first-order chi connectivity index (χ1) is 17.4. The van der Waals surface area contributed by atoms with Crippen LogP contribution >= 0.6 is 10.9 Å². The van der Waals surface area contributed by atoms with Crippen LogP contribution in [-0.4, -0.2) is 46.8 Å². The molecule has 0 aliphatic rings. The van der Waals surface area contributed by atoms with Crippen molar-refractivity contribution >= 4 is 60.2 Å². The van der Waals surface area contributed by atoms with Crippen LogP contribution in [0, 0.1) is 0 Å². The van der Waals surface area contributed by atoms with E-state index in [0.717, 1.165) is 18.3 Å². The monoisotopic (exact) mass is 547 g/mol. The Balaban J connectivity index is 2.03. The van der Waals surface area contributed by atoms with Crippen molar-refractivity contribution in [2.45, 2.75) is 9.79 Å². The number of hydrogen-bond donors (Lipinski definition) is 7. The van der Waals surface area contributed by atoms with Gasteiger partial charge >= 0.3 is 0 Å². The Morgan fingerprint density at radius 3 is 2.11 bits per heavy atom. The Bertz CT molecular complexity index is 1670. The molecule has 4 aromatic rings. The van der Waals surface area contributed by atoms with E-state index in [-0.39, 0.29) is 22.1 Å². The molecule has 17 heteroatoms. The molecule has 4 rings (SSSR count). The number of benzene rings is 2. The lowest BCUT2D eigenvalue weighted by Crippen LogP contribution is -2.03. The van der Waals surface area contributed by atoms with E-state index in [9.17, 15) is 36.8 Å². The van der Waals surface area contributed by atoms with Crippen molar-refractivity contribution in [1.82, 2.24) is 9.97 Å². The number of pyridine rings is 2. The summed E-state index contributed by atoms with van der Waals surface area (Å²) >= 11 is 0. The number of phenolic OH excluding ortho intramolecular Hbond substituents is 1. The standard InChI is InChI=1S/C20H17N7O8S2/c21-17-16-10(6-14(36(30,31)32)18(17)26-25-12-3-5-23-9-13(12)28)7-15(37(33,34)35)19(20(16)29)27-24-11-2-1-4-22-8-11/h1-9,28-29,33-35H,21H2,(H,30,31,32). The van der Waals surface area contributed by atoms with Gasteiger partial charge in [0.05, 0.1) is 28.4 Å². The van der Waals surface area contributed by atoms with Crippen molar-refractivity contribution < 1.29 is 36.8 Å². The summed E-state index contributed by atoms with van der Waals surface area (Å²) in [5.74, 6) is -1.21. The predicted octanol–water partition coefficient (Wildman–Crippen LogP) is 5.28. The lowest BCUT2D eigenvalue weighted by molar-refractivity contribution is 0.375. The zero-order chi connectivity index (χ0) is 27.0. The Kier molecular flexibility index (Phi) is 6.74. The van der Waals surface area contributed by atoms with Crippen LogP contribution in [-0.2, 0) is 10.1 Å². The van der Waals surface area contributed by atoms with Crippen LogP contribution < -0.4 is 5.73 Å². The van der Waals surface area contributed by atoms with E-state index in [1.807, 2.05) is 0 Å². The number of aromatic nitrogens is 2. The maximum Gasteiger partial charge on any atom is 0.296 e. The summed E-state index contributed by atoms with van der Waals surface area (Å²) in [4.78, 5) is 5.95. The fourth-order valence-corrected chi connectivity index (χ4v) is 4.56. The number of aromatic hydroxyl groups is 2. The SMILES string of the molecule is Nc1c(N=Nc2ccncc2O)c(S(=O)(=O)O)cc2cc(S(O)(O)O)c(N=Nc3cccnc3)c(O)c12. The van der Waals surface area contributed by atoms with Gasteiger partial charge < -0.3 is 29.6 Å². The van der Waals surface area contributed by atoms with Crippen molar-refractivity contribution in [2.75, 3.05) is 5.73 Å². The number of hydrogen-bond acceptors (Lipinski definition) is 14. The second-order valence-electron chi connectivity index (χ2n) is 7.28. The van der Waals surface area contributed by atoms with E-state index >= 15 is 0 Å². The highest BCUT2D eigenvalue weighted by atomic mass is 32.3. The average molecular weight is 548 g/mol. The quantitative estimate of drug-likeness (QED) is 0.0927. The van der Waals surface area contributed by atoms with E-state index in [4.69, 9.17) is 5.73 Å². The van der Waals surface area contributed by atoms with Gasteiger partial charge in [-0.1, -0.05) is 0 Å². The normalized spacial score (nSPS) is 13.1. The van der Waals surface area contributed by atoms with Crippen LogP contribution in [0.2, 0.25) is 0 Å². The molecule has 2 aromatic carbocycles. The second-order valence-corrected chi connectivity index (χ2v) is 10.1. The molecule has 0 unspecified atom stereocenters. The summed E-state index contributed by atoms with van der Waals surface area (Å²) in [7, 11) is -9.53. The van der Waals surface area contributed by atoms with Crippen molar-refractivity contribution in [2.24, 2.45) is 20.5 Å². The largest absolute Gasteiger partial charge is 0.505 e. The molecule has 0 spiro atoms. The molecular formula is C20H17N7O8S2. The van der Waals surface area contributed by atoms with Gasteiger partial charge in [-0.15, -0.1) is 20.5 Å². The van der Waals surface area contributed by atoms with Gasteiger partial charge in [0.25, 0.3) is 10.1 Å². The van der Waals surface area contributed by atoms with Gasteiger partial charge in [0.2, 0.25) is 0 Å². The first-order valence-electron chi connectivity index (χ1n) is 9.84. The van der Waals surface area contributed by atoms with Gasteiger partial charge in [-0.25, -0.2) is 0 Å². The van der Waals surface area contributed by atoms with Crippen LogP contribution in [0.15, 0.2) is 85.4 Å². The number of fused-ring (bicyclic) bond motifs is 1. The molecule has 192 valence electrons. The summed E-state index contributed by atoms with van der Waals surface area (Å²) in [5, 5.41) is 35.4. The highest BCUT2D eigenvalue weighted by molar-refractivity contribution is 8.19. The fourth-order valence-electron chi connectivity index (χ4n) is 3.20. The maximum absolute atomic E-state index is 12.1. The number of nitrogens with zero attached hydrogens (tertiary/aromatic N) is 6. The summed E-state index contributed by atoms with van der Waals surface area (Å²) in [6.07, 6.45) is 5.12. The number of phenols is 1. The number of azo groups is 2. The molecule has 0 atom stereocenters. The molecule has 37 heavy (non-hydrogen) atoms. The minimum atomic E-state index is -5.00. The van der Waals surface area contributed by atoms with E-state index in [0.29, 0.717) is 0 Å². The molecule has 0 radical (unpaired) electrons. The van der Waals surface area contributed by atoms with Crippen molar-refractivity contribution in [3.8, 4) is 11.5 Å². The molecule has 15 nitrogen and oxygen atoms in total. The van der Waals surface area contributed by atoms with E-state index in [1.165, 1.54) is 30.7 Å². The number of nitrogens with two attached hydrogens (primary N) is 1. The molecule has 0 aliphatic heterocycles. The third-order valence-electron chi connectivity index (χ3n) is 4.83. The minimum absolute atomic E-state index is 0.115. The first-order valence-corrected chi connectivity index (χ1v) is 12.8. The maximum atomic E-state index is 12.1. The molecule has 0 fully saturated rings. The molecule has 0 bridgehead atoms. The highest BCUT2D eigenvalue weighted by Gasteiger charge is 2.29. The Labute approximate surface area is 209 Å². The average Bonchev–Trinajstić information content (AvgIpc) is 2.82. The smallest absolute Gasteiger partial charge is 0.296 e. The molecule has 8 N–H and O–H groups in total.